The van der Waals surface area contributed by atoms with E-state index in [2.05, 4.69) is 62.4 Å². The van der Waals surface area contributed by atoms with Crippen LogP contribution >= 0.6 is 22.6 Å². The molecule has 0 saturated carbocycles. The minimum absolute atomic E-state index is 0.185. The molecule has 0 aliphatic carbocycles. The number of benzene rings is 4. The van der Waals surface area contributed by atoms with Crippen molar-refractivity contribution in [3.63, 3.8) is 0 Å². The SMILES string of the molecule is CCOc1cc(/C=N\NC(=O)COc2cccc3cccnc23)cc(I)c1OCc1cccc2ccccc12. The van der Waals surface area contributed by atoms with Crippen LogP contribution in [0, 0.1) is 3.57 Å². The van der Waals surface area contributed by atoms with E-state index < -0.39 is 0 Å². The maximum absolute atomic E-state index is 12.3. The number of nitrogens with one attached hydrogen (secondary N) is 1. The second kappa shape index (κ2) is 12.6. The minimum atomic E-state index is -0.381. The minimum Gasteiger partial charge on any atom is -0.490 e. The van der Waals surface area contributed by atoms with Crippen LogP contribution in [0.1, 0.15) is 18.1 Å². The number of hydrogen-bond donors (Lipinski definition) is 1. The van der Waals surface area contributed by atoms with E-state index in [1.54, 1.807) is 18.5 Å². The van der Waals surface area contributed by atoms with Gasteiger partial charge in [0.05, 0.1) is 16.4 Å². The highest BCUT2D eigenvalue weighted by Crippen LogP contribution is 2.35. The van der Waals surface area contributed by atoms with Crippen molar-refractivity contribution in [1.82, 2.24) is 10.4 Å². The molecule has 39 heavy (non-hydrogen) atoms. The van der Waals surface area contributed by atoms with Crippen LogP contribution in [0.2, 0.25) is 0 Å². The molecule has 7 nitrogen and oxygen atoms in total. The lowest BCUT2D eigenvalue weighted by atomic mass is 10.1. The van der Waals surface area contributed by atoms with Crippen molar-refractivity contribution in [2.45, 2.75) is 13.5 Å². The van der Waals surface area contributed by atoms with Gasteiger partial charge >= 0.3 is 0 Å². The molecular weight excluding hydrogens is 605 g/mol. The number of hydrazone groups is 1. The van der Waals surface area contributed by atoms with Crippen LogP contribution in [0.15, 0.2) is 96.2 Å². The molecule has 196 valence electrons. The first-order chi connectivity index (χ1) is 19.1. The van der Waals surface area contributed by atoms with Crippen molar-refractivity contribution in [2.24, 2.45) is 5.10 Å². The number of fused-ring (bicyclic) bond motifs is 2. The lowest BCUT2D eigenvalue weighted by Gasteiger charge is -2.15. The number of aromatic nitrogens is 1. The topological polar surface area (TPSA) is 82.0 Å². The highest BCUT2D eigenvalue weighted by Gasteiger charge is 2.13. The van der Waals surface area contributed by atoms with Crippen LogP contribution in [-0.2, 0) is 11.4 Å². The van der Waals surface area contributed by atoms with Crippen molar-refractivity contribution in [3.05, 3.63) is 106 Å². The molecule has 1 heterocycles. The maximum Gasteiger partial charge on any atom is 0.277 e. The molecule has 5 aromatic rings. The zero-order valence-electron chi connectivity index (χ0n) is 21.3. The molecule has 0 aliphatic rings. The van der Waals surface area contributed by atoms with Crippen LogP contribution in [-0.4, -0.2) is 30.3 Å². The third-order valence-electron chi connectivity index (χ3n) is 5.94. The number of carbonyl (C=O) groups excluding carboxylic acids is 1. The monoisotopic (exact) mass is 631 g/mol. The Balaban J connectivity index is 1.23. The van der Waals surface area contributed by atoms with E-state index in [-0.39, 0.29) is 12.5 Å². The molecule has 4 aromatic carbocycles. The summed E-state index contributed by atoms with van der Waals surface area (Å²) < 4.78 is 18.7. The van der Waals surface area contributed by atoms with Gasteiger partial charge in [0.2, 0.25) is 0 Å². The van der Waals surface area contributed by atoms with Gasteiger partial charge in [-0.1, -0.05) is 60.7 Å². The third kappa shape index (κ3) is 6.46. The number of pyridine rings is 1. The Labute approximate surface area is 239 Å². The Morgan fingerprint density at radius 2 is 1.72 bits per heavy atom. The standard InChI is InChI=1S/C31H26IN3O4/c1-2-37-28-17-21(16-26(32)31(28)39-19-24-11-5-9-22-8-3-4-13-25(22)24)18-34-35-29(36)20-38-27-14-6-10-23-12-7-15-33-30(23)27/h3-18H,2,19-20H2,1H3,(H,35,36)/b34-18-. The van der Waals surface area contributed by atoms with Gasteiger partial charge < -0.3 is 14.2 Å². The number of rotatable bonds is 10. The second-order valence-corrected chi connectivity index (χ2v) is 9.77. The van der Waals surface area contributed by atoms with Crippen LogP contribution in [0.5, 0.6) is 17.2 Å². The van der Waals surface area contributed by atoms with Crippen LogP contribution in [0.4, 0.5) is 0 Å². The molecule has 1 amide bonds. The fourth-order valence-corrected chi connectivity index (χ4v) is 4.96. The van der Waals surface area contributed by atoms with Crippen LogP contribution in [0.25, 0.3) is 21.7 Å². The molecule has 5 rings (SSSR count). The second-order valence-electron chi connectivity index (χ2n) is 8.60. The highest BCUT2D eigenvalue weighted by atomic mass is 127. The van der Waals surface area contributed by atoms with Gasteiger partial charge in [-0.2, -0.15) is 5.10 Å². The van der Waals surface area contributed by atoms with Gasteiger partial charge in [0.1, 0.15) is 17.9 Å². The van der Waals surface area contributed by atoms with Crippen molar-refractivity contribution in [2.75, 3.05) is 13.2 Å². The molecule has 0 saturated heterocycles. The van der Waals surface area contributed by atoms with E-state index in [1.165, 1.54) is 5.39 Å². The van der Waals surface area contributed by atoms with Gasteiger partial charge in [-0.3, -0.25) is 9.78 Å². The number of amides is 1. The Bertz CT molecular complexity index is 1640. The molecule has 0 atom stereocenters. The molecular formula is C31H26IN3O4. The summed E-state index contributed by atoms with van der Waals surface area (Å²) in [5.74, 6) is 1.45. The molecule has 0 aliphatic heterocycles. The number of hydrogen-bond acceptors (Lipinski definition) is 6. The lowest BCUT2D eigenvalue weighted by molar-refractivity contribution is -0.123. The van der Waals surface area contributed by atoms with Crippen molar-refractivity contribution in [1.29, 1.82) is 0 Å². The van der Waals surface area contributed by atoms with Crippen molar-refractivity contribution >= 4 is 56.4 Å². The van der Waals surface area contributed by atoms with Crippen LogP contribution in [0.3, 0.4) is 0 Å². The summed E-state index contributed by atoms with van der Waals surface area (Å²) in [6, 6.07) is 27.6. The predicted octanol–water partition coefficient (Wildman–Crippen LogP) is 6.50. The first-order valence-corrected chi connectivity index (χ1v) is 13.5. The summed E-state index contributed by atoms with van der Waals surface area (Å²) in [6.45, 7) is 2.63. The predicted molar refractivity (Wildman–Crippen MR) is 162 cm³/mol. The van der Waals surface area contributed by atoms with Crippen LogP contribution < -0.4 is 19.6 Å². The summed E-state index contributed by atoms with van der Waals surface area (Å²) in [5, 5.41) is 7.37. The Hall–Kier alpha value is -4.18. The number of carbonyl (C=O) groups is 1. The van der Waals surface area contributed by atoms with E-state index in [0.29, 0.717) is 36.0 Å². The molecule has 0 bridgehead atoms. The van der Waals surface area contributed by atoms with Gasteiger partial charge in [0.15, 0.2) is 18.1 Å². The molecule has 0 spiro atoms. The van der Waals surface area contributed by atoms with Crippen molar-refractivity contribution < 1.29 is 19.0 Å². The molecule has 8 heteroatoms. The van der Waals surface area contributed by atoms with Gasteiger partial charge in [-0.15, -0.1) is 0 Å². The number of ether oxygens (including phenoxy) is 3. The third-order valence-corrected chi connectivity index (χ3v) is 6.74. The molecule has 1 aromatic heterocycles. The Morgan fingerprint density at radius 1 is 0.923 bits per heavy atom. The fourth-order valence-electron chi connectivity index (χ4n) is 4.18. The highest BCUT2D eigenvalue weighted by molar-refractivity contribution is 14.1. The summed E-state index contributed by atoms with van der Waals surface area (Å²) in [7, 11) is 0. The zero-order chi connectivity index (χ0) is 27.0. The molecule has 1 N–H and O–H groups in total. The summed E-state index contributed by atoms with van der Waals surface area (Å²) >= 11 is 2.22. The number of halogens is 1. The maximum atomic E-state index is 12.3. The fraction of sp³-hybridized carbons (Fsp3) is 0.129. The largest absolute Gasteiger partial charge is 0.490 e. The van der Waals surface area contributed by atoms with E-state index in [9.17, 15) is 4.79 Å². The zero-order valence-corrected chi connectivity index (χ0v) is 23.4. The van der Waals surface area contributed by atoms with E-state index in [1.807, 2.05) is 61.5 Å². The van der Waals surface area contributed by atoms with Crippen molar-refractivity contribution in [3.8, 4) is 17.2 Å². The first kappa shape index (κ1) is 26.4. The first-order valence-electron chi connectivity index (χ1n) is 12.5. The Kier molecular flexibility index (Phi) is 8.52. The van der Waals surface area contributed by atoms with E-state index in [4.69, 9.17) is 14.2 Å². The normalized spacial score (nSPS) is 11.1. The Morgan fingerprint density at radius 3 is 2.62 bits per heavy atom. The molecule has 0 radical (unpaired) electrons. The summed E-state index contributed by atoms with van der Waals surface area (Å²) in [6.07, 6.45) is 3.26. The van der Waals surface area contributed by atoms with Gasteiger partial charge in [0.25, 0.3) is 5.91 Å². The van der Waals surface area contributed by atoms with E-state index >= 15 is 0 Å². The number of para-hydroxylation sites is 1. The average Bonchev–Trinajstić information content (AvgIpc) is 2.96. The average molecular weight is 631 g/mol. The quantitative estimate of drug-likeness (QED) is 0.108. The van der Waals surface area contributed by atoms with Gasteiger partial charge in [-0.05, 0) is 75.7 Å². The smallest absolute Gasteiger partial charge is 0.277 e. The van der Waals surface area contributed by atoms with E-state index in [0.717, 1.165) is 25.5 Å². The summed E-state index contributed by atoms with van der Waals surface area (Å²) in [5.41, 5.74) is 5.08. The molecule has 0 fully saturated rings. The lowest BCUT2D eigenvalue weighted by Crippen LogP contribution is -2.24. The van der Waals surface area contributed by atoms with Gasteiger partial charge in [0, 0.05) is 11.6 Å². The van der Waals surface area contributed by atoms with Gasteiger partial charge in [-0.25, -0.2) is 5.43 Å². The molecule has 0 unspecified atom stereocenters. The summed E-state index contributed by atoms with van der Waals surface area (Å²) in [4.78, 5) is 16.7. The number of nitrogens with zero attached hydrogens (tertiary/aromatic N) is 2.